The third-order valence-electron chi connectivity index (χ3n) is 5.31. The van der Waals surface area contributed by atoms with Gasteiger partial charge in [0.1, 0.15) is 0 Å². The van der Waals surface area contributed by atoms with E-state index in [4.69, 9.17) is 0 Å². The van der Waals surface area contributed by atoms with Crippen molar-refractivity contribution in [1.82, 2.24) is 25.5 Å². The summed E-state index contributed by atoms with van der Waals surface area (Å²) in [6.07, 6.45) is 4.86. The molecule has 1 aliphatic heterocycles. The molecular weight excluding hydrogens is 517 g/mol. The second-order valence-corrected chi connectivity index (χ2v) is 7.84. The van der Waals surface area contributed by atoms with Crippen LogP contribution in [0, 0.1) is 13.8 Å². The van der Waals surface area contributed by atoms with Crippen LogP contribution in [0.2, 0.25) is 0 Å². The molecule has 9 heteroatoms. The minimum Gasteiger partial charge on any atom is -0.356 e. The molecule has 0 atom stereocenters. The minimum atomic E-state index is 0. The van der Waals surface area contributed by atoms with Crippen LogP contribution < -0.4 is 15.5 Å². The van der Waals surface area contributed by atoms with Crippen molar-refractivity contribution in [2.75, 3.05) is 51.2 Å². The molecule has 0 aliphatic carbocycles. The van der Waals surface area contributed by atoms with Gasteiger partial charge < -0.3 is 20.4 Å². The Morgan fingerprint density at radius 3 is 2.25 bits per heavy atom. The molecule has 1 fully saturated rings. The standard InChI is InChI=1S/C23H33N7O.HI/c1-18-15-19(2)17-20(16-18)5-9-25-22(24-3)26-10-6-21(31)29-11-13-30(14-12-29)23-27-7-4-8-28-23;/h4,7-8,15-17H,5-6,9-14H2,1-3H3,(H2,24,25,26);1H. The van der Waals surface area contributed by atoms with Crippen molar-refractivity contribution in [3.8, 4) is 0 Å². The van der Waals surface area contributed by atoms with Gasteiger partial charge in [-0.3, -0.25) is 9.79 Å². The van der Waals surface area contributed by atoms with Crippen LogP contribution in [0.3, 0.4) is 0 Å². The first-order chi connectivity index (χ1) is 15.0. The summed E-state index contributed by atoms with van der Waals surface area (Å²) in [4.78, 5) is 29.4. The summed E-state index contributed by atoms with van der Waals surface area (Å²) in [5.74, 6) is 1.61. The number of aliphatic imine (C=N–C) groups is 1. The Kier molecular flexibility index (Phi) is 10.6. The quantitative estimate of drug-likeness (QED) is 0.312. The summed E-state index contributed by atoms with van der Waals surface area (Å²) in [6.45, 7) is 8.49. The van der Waals surface area contributed by atoms with E-state index in [1.54, 1.807) is 19.4 Å². The molecule has 0 saturated carbocycles. The molecule has 8 nitrogen and oxygen atoms in total. The second-order valence-electron chi connectivity index (χ2n) is 7.84. The van der Waals surface area contributed by atoms with Gasteiger partial charge in [-0.05, 0) is 31.9 Å². The maximum Gasteiger partial charge on any atom is 0.225 e. The molecular formula is C23H34IN7O. The Balaban J connectivity index is 0.00000363. The Labute approximate surface area is 207 Å². The number of piperazine rings is 1. The fraction of sp³-hybridized carbons (Fsp3) is 0.478. The summed E-state index contributed by atoms with van der Waals surface area (Å²) in [5.41, 5.74) is 3.89. The van der Waals surface area contributed by atoms with Crippen LogP contribution in [0.4, 0.5) is 5.95 Å². The molecule has 0 spiro atoms. The zero-order chi connectivity index (χ0) is 22.1. The van der Waals surface area contributed by atoms with Crippen molar-refractivity contribution in [3.63, 3.8) is 0 Å². The largest absolute Gasteiger partial charge is 0.356 e. The highest BCUT2D eigenvalue weighted by Crippen LogP contribution is 2.10. The van der Waals surface area contributed by atoms with Gasteiger partial charge in [-0.25, -0.2) is 9.97 Å². The molecule has 174 valence electrons. The van der Waals surface area contributed by atoms with E-state index < -0.39 is 0 Å². The number of halogens is 1. The molecule has 1 aliphatic rings. The number of anilines is 1. The van der Waals surface area contributed by atoms with Crippen LogP contribution in [0.5, 0.6) is 0 Å². The third kappa shape index (κ3) is 7.92. The number of aromatic nitrogens is 2. The monoisotopic (exact) mass is 551 g/mol. The number of hydrogen-bond acceptors (Lipinski definition) is 5. The van der Waals surface area contributed by atoms with E-state index >= 15 is 0 Å². The van der Waals surface area contributed by atoms with E-state index in [0.29, 0.717) is 26.1 Å². The highest BCUT2D eigenvalue weighted by Gasteiger charge is 2.22. The van der Waals surface area contributed by atoms with E-state index in [-0.39, 0.29) is 29.9 Å². The van der Waals surface area contributed by atoms with Crippen molar-refractivity contribution in [3.05, 3.63) is 53.3 Å². The van der Waals surface area contributed by atoms with E-state index in [2.05, 4.69) is 62.5 Å². The fourth-order valence-electron chi connectivity index (χ4n) is 3.82. The molecule has 0 bridgehead atoms. The van der Waals surface area contributed by atoms with Crippen molar-refractivity contribution in [1.29, 1.82) is 0 Å². The molecule has 1 amide bonds. The van der Waals surface area contributed by atoms with Crippen LogP contribution in [0.15, 0.2) is 41.7 Å². The van der Waals surface area contributed by atoms with Gasteiger partial charge >= 0.3 is 0 Å². The SMILES string of the molecule is CN=C(NCCC(=O)N1CCN(c2ncccn2)CC1)NCCc1cc(C)cc(C)c1.I. The van der Waals surface area contributed by atoms with Crippen LogP contribution in [-0.4, -0.2) is 73.1 Å². The topological polar surface area (TPSA) is 85.8 Å². The average molecular weight is 551 g/mol. The van der Waals surface area contributed by atoms with Crippen LogP contribution in [0.25, 0.3) is 0 Å². The lowest BCUT2D eigenvalue weighted by molar-refractivity contribution is -0.131. The van der Waals surface area contributed by atoms with E-state index in [0.717, 1.165) is 38.0 Å². The number of aryl methyl sites for hydroxylation is 2. The minimum absolute atomic E-state index is 0. The smallest absolute Gasteiger partial charge is 0.225 e. The molecule has 0 unspecified atom stereocenters. The number of guanidine groups is 1. The molecule has 0 radical (unpaired) electrons. The van der Waals surface area contributed by atoms with Gasteiger partial charge in [0.25, 0.3) is 0 Å². The summed E-state index contributed by atoms with van der Waals surface area (Å²) in [6, 6.07) is 8.42. The van der Waals surface area contributed by atoms with Gasteiger partial charge in [0.05, 0.1) is 0 Å². The average Bonchev–Trinajstić information content (AvgIpc) is 2.78. The number of benzene rings is 1. The normalized spacial score (nSPS) is 14.0. The summed E-state index contributed by atoms with van der Waals surface area (Å²) in [5, 5.41) is 6.57. The molecule has 2 N–H and O–H groups in total. The Morgan fingerprint density at radius 1 is 1.00 bits per heavy atom. The first-order valence-electron chi connectivity index (χ1n) is 10.9. The van der Waals surface area contributed by atoms with Crippen molar-refractivity contribution in [2.45, 2.75) is 26.7 Å². The molecule has 2 heterocycles. The number of hydrogen-bond donors (Lipinski definition) is 2. The van der Waals surface area contributed by atoms with Crippen LogP contribution >= 0.6 is 24.0 Å². The maximum absolute atomic E-state index is 12.5. The fourth-order valence-corrected chi connectivity index (χ4v) is 3.82. The van der Waals surface area contributed by atoms with Crippen LogP contribution in [0.1, 0.15) is 23.1 Å². The number of rotatable bonds is 7. The summed E-state index contributed by atoms with van der Waals surface area (Å²) in [7, 11) is 1.75. The van der Waals surface area contributed by atoms with E-state index in [9.17, 15) is 4.79 Å². The van der Waals surface area contributed by atoms with Gasteiger partial charge in [0, 0.05) is 65.1 Å². The number of carbonyl (C=O) groups excluding carboxylic acids is 1. The molecule has 3 rings (SSSR count). The lowest BCUT2D eigenvalue weighted by atomic mass is 10.1. The van der Waals surface area contributed by atoms with Crippen molar-refractivity contribution < 1.29 is 4.79 Å². The van der Waals surface area contributed by atoms with Gasteiger partial charge in [0.15, 0.2) is 5.96 Å². The van der Waals surface area contributed by atoms with Gasteiger partial charge in [-0.1, -0.05) is 29.3 Å². The third-order valence-corrected chi connectivity index (χ3v) is 5.31. The van der Waals surface area contributed by atoms with Gasteiger partial charge in [-0.15, -0.1) is 24.0 Å². The van der Waals surface area contributed by atoms with Crippen molar-refractivity contribution >= 4 is 41.8 Å². The Hall–Kier alpha value is -2.43. The molecule has 1 aromatic heterocycles. The lowest BCUT2D eigenvalue weighted by Gasteiger charge is -2.34. The zero-order valence-corrected chi connectivity index (χ0v) is 21.5. The van der Waals surface area contributed by atoms with Gasteiger partial charge in [0.2, 0.25) is 11.9 Å². The Morgan fingerprint density at radius 2 is 1.62 bits per heavy atom. The maximum atomic E-state index is 12.5. The highest BCUT2D eigenvalue weighted by atomic mass is 127. The molecule has 1 saturated heterocycles. The highest BCUT2D eigenvalue weighted by molar-refractivity contribution is 14.0. The molecule has 32 heavy (non-hydrogen) atoms. The number of nitrogens with zero attached hydrogens (tertiary/aromatic N) is 5. The summed E-state index contributed by atoms with van der Waals surface area (Å²) >= 11 is 0. The number of nitrogens with one attached hydrogen (secondary N) is 2. The molecule has 1 aromatic carbocycles. The number of carbonyl (C=O) groups is 1. The number of amides is 1. The first kappa shape index (κ1) is 25.8. The lowest BCUT2D eigenvalue weighted by Crippen LogP contribution is -2.50. The Bertz CT molecular complexity index is 863. The van der Waals surface area contributed by atoms with Crippen molar-refractivity contribution in [2.24, 2.45) is 4.99 Å². The predicted molar refractivity (Wildman–Crippen MR) is 140 cm³/mol. The predicted octanol–water partition coefficient (Wildman–Crippen LogP) is 2.16. The van der Waals surface area contributed by atoms with E-state index in [1.165, 1.54) is 16.7 Å². The zero-order valence-electron chi connectivity index (χ0n) is 19.2. The first-order valence-corrected chi connectivity index (χ1v) is 10.9. The second kappa shape index (κ2) is 13.2. The summed E-state index contributed by atoms with van der Waals surface area (Å²) < 4.78 is 0. The van der Waals surface area contributed by atoms with E-state index in [1.807, 2.05) is 11.0 Å². The van der Waals surface area contributed by atoms with Crippen LogP contribution in [-0.2, 0) is 11.2 Å². The molecule has 2 aromatic rings. The van der Waals surface area contributed by atoms with Gasteiger partial charge in [-0.2, -0.15) is 0 Å².